The van der Waals surface area contributed by atoms with Gasteiger partial charge < -0.3 is 20.4 Å². The number of carbonyl (C=O) groups is 3. The van der Waals surface area contributed by atoms with Gasteiger partial charge in [0, 0.05) is 25.7 Å². The summed E-state index contributed by atoms with van der Waals surface area (Å²) in [6.45, 7) is 0. The minimum absolute atomic E-state index is 0.0148. The number of Topliss-reactive ketones (excluding diaryl/α,β-unsaturated/α-hetero) is 1. The summed E-state index contributed by atoms with van der Waals surface area (Å²) in [4.78, 5) is 32.9. The van der Waals surface area contributed by atoms with E-state index in [1.54, 1.807) is 0 Å². The zero-order chi connectivity index (χ0) is 17.4. The maximum Gasteiger partial charge on any atom is 0.303 e. The fourth-order valence-corrected chi connectivity index (χ4v) is 3.32. The Morgan fingerprint density at radius 1 is 0.739 bits per heavy atom. The third-order valence-electron chi connectivity index (χ3n) is 4.57. The van der Waals surface area contributed by atoms with Gasteiger partial charge in [-0.2, -0.15) is 0 Å². The molecule has 1 fully saturated rings. The molecule has 1 unspecified atom stereocenters. The lowest BCUT2D eigenvalue weighted by molar-refractivity contribution is -0.138. The van der Waals surface area contributed by atoms with Crippen LogP contribution in [0.1, 0.15) is 57.8 Å². The Labute approximate surface area is 135 Å². The lowest BCUT2D eigenvalue weighted by Crippen LogP contribution is -2.24. The van der Waals surface area contributed by atoms with Crippen molar-refractivity contribution < 1.29 is 34.8 Å². The average molecular weight is 330 g/mol. The van der Waals surface area contributed by atoms with Gasteiger partial charge in [-0.1, -0.05) is 0 Å². The Morgan fingerprint density at radius 3 is 1.74 bits per heavy atom. The summed E-state index contributed by atoms with van der Waals surface area (Å²) in [5.74, 6) is -2.34. The summed E-state index contributed by atoms with van der Waals surface area (Å²) >= 11 is 0. The van der Waals surface area contributed by atoms with Gasteiger partial charge in [0.2, 0.25) is 0 Å². The quantitative estimate of drug-likeness (QED) is 0.418. The van der Waals surface area contributed by atoms with Crippen LogP contribution in [-0.2, 0) is 14.4 Å². The number of rotatable bonds is 11. The Kier molecular flexibility index (Phi) is 8.19. The molecule has 4 atom stereocenters. The number of hydrogen-bond donors (Lipinski definition) is 4. The molecule has 0 bridgehead atoms. The molecule has 7 heteroatoms. The molecule has 23 heavy (non-hydrogen) atoms. The van der Waals surface area contributed by atoms with Gasteiger partial charge in [-0.15, -0.1) is 0 Å². The van der Waals surface area contributed by atoms with Gasteiger partial charge in [-0.05, 0) is 43.9 Å². The second kappa shape index (κ2) is 9.62. The van der Waals surface area contributed by atoms with Crippen molar-refractivity contribution in [3.8, 4) is 0 Å². The molecule has 0 aromatic carbocycles. The molecule has 0 saturated heterocycles. The van der Waals surface area contributed by atoms with Crippen LogP contribution in [0.15, 0.2) is 0 Å². The Balaban J connectivity index is 2.36. The topological polar surface area (TPSA) is 132 Å². The third kappa shape index (κ3) is 7.09. The molecule has 0 spiro atoms. The van der Waals surface area contributed by atoms with Crippen molar-refractivity contribution >= 4 is 17.7 Å². The number of carboxylic acid groups (broad SMARTS) is 2. The van der Waals surface area contributed by atoms with Gasteiger partial charge in [0.05, 0.1) is 12.2 Å². The molecule has 0 aromatic heterocycles. The maximum atomic E-state index is 11.8. The van der Waals surface area contributed by atoms with Gasteiger partial charge in [0.1, 0.15) is 5.78 Å². The van der Waals surface area contributed by atoms with Gasteiger partial charge in [-0.25, -0.2) is 0 Å². The average Bonchev–Trinajstić information content (AvgIpc) is 2.72. The zero-order valence-electron chi connectivity index (χ0n) is 13.2. The minimum atomic E-state index is -0.938. The largest absolute Gasteiger partial charge is 0.481 e. The molecular weight excluding hydrogens is 304 g/mol. The minimum Gasteiger partial charge on any atom is -0.481 e. The van der Waals surface area contributed by atoms with E-state index < -0.39 is 24.1 Å². The number of hydrogen-bond acceptors (Lipinski definition) is 5. The van der Waals surface area contributed by atoms with Gasteiger partial charge >= 0.3 is 11.9 Å². The molecule has 0 aliphatic heterocycles. The molecule has 1 saturated carbocycles. The highest BCUT2D eigenvalue weighted by atomic mass is 16.4. The zero-order valence-corrected chi connectivity index (χ0v) is 13.2. The van der Waals surface area contributed by atoms with Gasteiger partial charge in [-0.3, -0.25) is 14.4 Å². The van der Waals surface area contributed by atoms with Crippen LogP contribution in [0.5, 0.6) is 0 Å². The second-order valence-corrected chi connectivity index (χ2v) is 6.31. The molecule has 1 rings (SSSR count). The summed E-state index contributed by atoms with van der Waals surface area (Å²) in [6.07, 6.45) is 1.10. The number of ketones is 1. The fourth-order valence-electron chi connectivity index (χ4n) is 3.32. The molecule has 0 amide bonds. The number of carbonyl (C=O) groups excluding carboxylic acids is 1. The van der Waals surface area contributed by atoms with E-state index in [0.29, 0.717) is 32.1 Å². The highest BCUT2D eigenvalue weighted by molar-refractivity contribution is 5.78. The number of unbranched alkanes of at least 4 members (excludes halogenated alkanes) is 1. The highest BCUT2D eigenvalue weighted by Crippen LogP contribution is 2.38. The molecule has 0 aromatic rings. The van der Waals surface area contributed by atoms with Crippen LogP contribution in [0.25, 0.3) is 0 Å². The first-order valence-corrected chi connectivity index (χ1v) is 8.12. The summed E-state index contributed by atoms with van der Waals surface area (Å²) in [6, 6.07) is 0. The van der Waals surface area contributed by atoms with Crippen molar-refractivity contribution in [2.45, 2.75) is 70.0 Å². The predicted molar refractivity (Wildman–Crippen MR) is 80.8 cm³/mol. The van der Waals surface area contributed by atoms with Gasteiger partial charge in [0.25, 0.3) is 0 Å². The Hall–Kier alpha value is -1.47. The Bertz CT molecular complexity index is 421. The van der Waals surface area contributed by atoms with Crippen LogP contribution in [0.4, 0.5) is 0 Å². The summed E-state index contributed by atoms with van der Waals surface area (Å²) in [5, 5.41) is 37.2. The first-order valence-electron chi connectivity index (χ1n) is 8.12. The third-order valence-corrected chi connectivity index (χ3v) is 4.57. The number of aliphatic hydroxyl groups is 2. The van der Waals surface area contributed by atoms with Crippen molar-refractivity contribution in [2.24, 2.45) is 11.8 Å². The molecule has 0 radical (unpaired) electrons. The van der Waals surface area contributed by atoms with Crippen molar-refractivity contribution in [2.75, 3.05) is 0 Å². The van der Waals surface area contributed by atoms with E-state index in [2.05, 4.69) is 0 Å². The standard InChI is InChI=1S/C16H26O7/c17-10(3-1-2-4-15(20)21)5-6-11-12(7-8-16(22)23)14(19)9-13(11)18/h11-14,18-19H,1-9H2,(H,20,21)(H,22,23)/t11-,12-,13-,14?/m1/s1. The monoisotopic (exact) mass is 330 g/mol. The molecule has 7 nitrogen and oxygen atoms in total. The van der Waals surface area contributed by atoms with Crippen LogP contribution < -0.4 is 0 Å². The van der Waals surface area contributed by atoms with Crippen molar-refractivity contribution in [3.63, 3.8) is 0 Å². The molecular formula is C16H26O7. The van der Waals surface area contributed by atoms with Crippen molar-refractivity contribution in [3.05, 3.63) is 0 Å². The van der Waals surface area contributed by atoms with E-state index >= 15 is 0 Å². The van der Waals surface area contributed by atoms with E-state index in [1.165, 1.54) is 0 Å². The molecule has 4 N–H and O–H groups in total. The first-order chi connectivity index (χ1) is 10.8. The van der Waals surface area contributed by atoms with E-state index in [1.807, 2.05) is 0 Å². The lowest BCUT2D eigenvalue weighted by atomic mass is 9.85. The van der Waals surface area contributed by atoms with E-state index in [-0.39, 0.29) is 43.3 Å². The molecule has 132 valence electrons. The number of aliphatic carboxylic acids is 2. The summed E-state index contributed by atoms with van der Waals surface area (Å²) in [7, 11) is 0. The van der Waals surface area contributed by atoms with Gasteiger partial charge in [0.15, 0.2) is 0 Å². The SMILES string of the molecule is O=C(O)CCCCC(=O)CC[C@H]1[C@H](O)CC(O)[C@@H]1CCC(=O)O. The van der Waals surface area contributed by atoms with Crippen molar-refractivity contribution in [1.82, 2.24) is 0 Å². The van der Waals surface area contributed by atoms with Crippen LogP contribution in [-0.4, -0.2) is 50.4 Å². The molecule has 1 aliphatic rings. The van der Waals surface area contributed by atoms with Crippen LogP contribution in [0, 0.1) is 11.8 Å². The normalized spacial score (nSPS) is 27.0. The first kappa shape index (κ1) is 19.6. The van der Waals surface area contributed by atoms with Crippen LogP contribution in [0.2, 0.25) is 0 Å². The van der Waals surface area contributed by atoms with E-state index in [4.69, 9.17) is 10.2 Å². The highest BCUT2D eigenvalue weighted by Gasteiger charge is 2.41. The summed E-state index contributed by atoms with van der Waals surface area (Å²) in [5.41, 5.74) is 0. The lowest BCUT2D eigenvalue weighted by Gasteiger charge is -2.22. The number of aliphatic hydroxyl groups excluding tert-OH is 2. The fraction of sp³-hybridized carbons (Fsp3) is 0.812. The van der Waals surface area contributed by atoms with E-state index in [9.17, 15) is 24.6 Å². The Morgan fingerprint density at radius 2 is 1.22 bits per heavy atom. The van der Waals surface area contributed by atoms with Crippen molar-refractivity contribution in [1.29, 1.82) is 0 Å². The van der Waals surface area contributed by atoms with Crippen LogP contribution in [0.3, 0.4) is 0 Å². The summed E-state index contributed by atoms with van der Waals surface area (Å²) < 4.78 is 0. The van der Waals surface area contributed by atoms with Crippen LogP contribution >= 0.6 is 0 Å². The smallest absolute Gasteiger partial charge is 0.303 e. The second-order valence-electron chi connectivity index (χ2n) is 6.31. The predicted octanol–water partition coefficient (Wildman–Crippen LogP) is 1.20. The molecule has 0 heterocycles. The van der Waals surface area contributed by atoms with E-state index in [0.717, 1.165) is 0 Å². The molecule has 1 aliphatic carbocycles. The maximum absolute atomic E-state index is 11.8. The number of carboxylic acids is 2.